The van der Waals surface area contributed by atoms with Gasteiger partial charge in [-0.2, -0.15) is 0 Å². The second-order valence-electron chi connectivity index (χ2n) is 12.8. The Balaban J connectivity index is 1.47. The van der Waals surface area contributed by atoms with Gasteiger partial charge in [0.15, 0.2) is 5.60 Å². The number of fused-ring (bicyclic) bond motifs is 4. The fraction of sp³-hybridized carbons (Fsp3) is 0.529. The Morgan fingerprint density at radius 2 is 2.02 bits per heavy atom. The highest BCUT2D eigenvalue weighted by atomic mass is 35.5. The molecule has 6 rings (SSSR count). The summed E-state index contributed by atoms with van der Waals surface area (Å²) >= 11 is 6.41. The van der Waals surface area contributed by atoms with Crippen LogP contribution < -0.4 is 9.64 Å². The molecule has 4 aliphatic rings. The molecule has 2 aliphatic heterocycles. The molecule has 1 fully saturated rings. The Morgan fingerprint density at radius 3 is 2.77 bits per heavy atom. The number of aryl methyl sites for hydroxylation is 1. The predicted molar refractivity (Wildman–Crippen MR) is 165 cm³/mol. The summed E-state index contributed by atoms with van der Waals surface area (Å²) in [5.41, 5.74) is 1.56. The monoisotopic (exact) mass is 608 g/mol. The standard InChI is InChI=1S/C34H41ClN2O6/c1-36-15-4-3-7-29(38)26-11-8-23(26)19-37-20-33(14-5-6-22-16-25(35)10-12-27(22)33)21-43-30-13-9-24(17-28(30)37)34(42-2,32(40)41)18-31(36)39/h3,7,9-10,12-13,16-17,23,26,29,38H,4-6,8,11,14-15,18-21H2,1-2H3,(H,40,41)/b7-3+/t23-,26+,29-,33-,34-/m0/s1. The number of carboxylic acids is 1. The molecular formula is C34H41ClN2O6. The van der Waals surface area contributed by atoms with Gasteiger partial charge in [-0.1, -0.05) is 35.9 Å². The van der Waals surface area contributed by atoms with Crippen molar-refractivity contribution in [3.63, 3.8) is 0 Å². The number of ether oxygens (including phenoxy) is 2. The van der Waals surface area contributed by atoms with Crippen molar-refractivity contribution in [2.75, 3.05) is 45.3 Å². The van der Waals surface area contributed by atoms with Crippen LogP contribution in [0, 0.1) is 11.8 Å². The van der Waals surface area contributed by atoms with E-state index in [1.165, 1.54) is 23.1 Å². The SMILES string of the molecule is CO[C@@]1(C(=O)O)CC(=O)N(C)CC/C=C/[C@H](O)[C@@H]2CC[C@H]2CN2C[C@@]3(CCCc4cc(Cl)ccc43)COc3ccc1cc32. The third-order valence-electron chi connectivity index (χ3n) is 10.4. The zero-order chi connectivity index (χ0) is 30.4. The molecule has 1 spiro atoms. The number of hydrogen-bond donors (Lipinski definition) is 2. The molecule has 230 valence electrons. The molecule has 2 aliphatic carbocycles. The maximum atomic E-state index is 13.3. The average molecular weight is 609 g/mol. The first-order chi connectivity index (χ1) is 20.7. The number of halogens is 1. The first-order valence-electron chi connectivity index (χ1n) is 15.3. The topological polar surface area (TPSA) is 99.5 Å². The van der Waals surface area contributed by atoms with Gasteiger partial charge in [0, 0.05) is 44.2 Å². The Morgan fingerprint density at radius 1 is 1.19 bits per heavy atom. The summed E-state index contributed by atoms with van der Waals surface area (Å²) in [5, 5.41) is 22.3. The summed E-state index contributed by atoms with van der Waals surface area (Å²) in [5.74, 6) is -0.467. The number of aliphatic carboxylic acids is 1. The van der Waals surface area contributed by atoms with Crippen LogP contribution in [0.3, 0.4) is 0 Å². The van der Waals surface area contributed by atoms with E-state index in [1.54, 1.807) is 13.1 Å². The molecule has 5 atom stereocenters. The Hall–Kier alpha value is -3.07. The largest absolute Gasteiger partial charge is 0.490 e. The molecule has 0 radical (unpaired) electrons. The van der Waals surface area contributed by atoms with Crippen molar-refractivity contribution in [2.24, 2.45) is 11.8 Å². The fourth-order valence-electron chi connectivity index (χ4n) is 7.62. The highest BCUT2D eigenvalue weighted by Crippen LogP contribution is 2.47. The van der Waals surface area contributed by atoms with Gasteiger partial charge in [0.1, 0.15) is 5.75 Å². The van der Waals surface area contributed by atoms with Crippen molar-refractivity contribution in [1.82, 2.24) is 4.90 Å². The number of aliphatic hydroxyl groups excluding tert-OH is 1. The third kappa shape index (κ3) is 5.42. The van der Waals surface area contributed by atoms with Crippen LogP contribution in [0.1, 0.15) is 55.2 Å². The molecule has 2 bridgehead atoms. The van der Waals surface area contributed by atoms with Crippen molar-refractivity contribution in [3.8, 4) is 5.75 Å². The minimum atomic E-state index is -1.85. The van der Waals surface area contributed by atoms with Gasteiger partial charge in [0.25, 0.3) is 0 Å². The fourth-order valence-corrected chi connectivity index (χ4v) is 7.81. The lowest BCUT2D eigenvalue weighted by Crippen LogP contribution is -2.49. The quantitative estimate of drug-likeness (QED) is 0.466. The number of aliphatic hydroxyl groups is 1. The maximum Gasteiger partial charge on any atom is 0.341 e. The van der Waals surface area contributed by atoms with Gasteiger partial charge in [-0.3, -0.25) is 4.79 Å². The number of carboxylic acid groups (broad SMARTS) is 1. The summed E-state index contributed by atoms with van der Waals surface area (Å²) in [4.78, 5) is 30.1. The molecule has 1 saturated carbocycles. The molecule has 0 saturated heterocycles. The molecule has 2 N–H and O–H groups in total. The van der Waals surface area contributed by atoms with Crippen LogP contribution in [0.2, 0.25) is 5.02 Å². The summed E-state index contributed by atoms with van der Waals surface area (Å²) in [6.45, 7) is 2.29. The highest BCUT2D eigenvalue weighted by Gasteiger charge is 2.47. The van der Waals surface area contributed by atoms with Crippen LogP contribution in [0.15, 0.2) is 48.6 Å². The van der Waals surface area contributed by atoms with Crippen molar-refractivity contribution < 1.29 is 29.3 Å². The second kappa shape index (κ2) is 11.8. The van der Waals surface area contributed by atoms with Crippen LogP contribution in [-0.4, -0.2) is 73.5 Å². The van der Waals surface area contributed by atoms with Crippen LogP contribution in [-0.2, 0) is 31.8 Å². The van der Waals surface area contributed by atoms with Crippen molar-refractivity contribution in [3.05, 3.63) is 70.3 Å². The molecule has 9 heteroatoms. The number of benzene rings is 2. The summed E-state index contributed by atoms with van der Waals surface area (Å²) < 4.78 is 12.3. The molecule has 2 aromatic rings. The van der Waals surface area contributed by atoms with E-state index in [0.717, 1.165) is 42.8 Å². The summed E-state index contributed by atoms with van der Waals surface area (Å²) in [6.07, 6.45) is 8.35. The van der Waals surface area contributed by atoms with Gasteiger partial charge in [0.05, 0.1) is 24.8 Å². The van der Waals surface area contributed by atoms with Gasteiger partial charge in [-0.05, 0) is 91.3 Å². The van der Waals surface area contributed by atoms with Gasteiger partial charge in [0.2, 0.25) is 5.91 Å². The van der Waals surface area contributed by atoms with E-state index in [-0.39, 0.29) is 29.6 Å². The molecule has 8 nitrogen and oxygen atoms in total. The normalized spacial score (nSPS) is 31.7. The van der Waals surface area contributed by atoms with Crippen molar-refractivity contribution >= 4 is 29.2 Å². The van der Waals surface area contributed by atoms with E-state index in [9.17, 15) is 19.8 Å². The highest BCUT2D eigenvalue weighted by molar-refractivity contribution is 6.30. The molecule has 2 heterocycles. The second-order valence-corrected chi connectivity index (χ2v) is 13.3. The predicted octanol–water partition coefficient (Wildman–Crippen LogP) is 4.93. The zero-order valence-corrected chi connectivity index (χ0v) is 25.7. The van der Waals surface area contributed by atoms with Crippen LogP contribution in [0.4, 0.5) is 5.69 Å². The summed E-state index contributed by atoms with van der Waals surface area (Å²) in [7, 11) is 3.02. The van der Waals surface area contributed by atoms with E-state index in [1.807, 2.05) is 30.4 Å². The molecule has 0 aromatic heterocycles. The minimum Gasteiger partial charge on any atom is -0.490 e. The van der Waals surface area contributed by atoms with Gasteiger partial charge in [-0.25, -0.2) is 4.79 Å². The van der Waals surface area contributed by atoms with E-state index in [0.29, 0.717) is 44.0 Å². The zero-order valence-electron chi connectivity index (χ0n) is 24.9. The maximum absolute atomic E-state index is 13.3. The molecular weight excluding hydrogens is 568 g/mol. The number of anilines is 1. The Labute approximate surface area is 258 Å². The molecule has 0 unspecified atom stereocenters. The van der Waals surface area contributed by atoms with Crippen LogP contribution in [0.5, 0.6) is 5.75 Å². The number of rotatable bonds is 2. The summed E-state index contributed by atoms with van der Waals surface area (Å²) in [6, 6.07) is 11.6. The number of nitrogens with zero attached hydrogens (tertiary/aromatic N) is 2. The van der Waals surface area contributed by atoms with Gasteiger partial charge in [-0.15, -0.1) is 0 Å². The number of amides is 1. The van der Waals surface area contributed by atoms with Crippen molar-refractivity contribution in [2.45, 2.75) is 62.1 Å². The van der Waals surface area contributed by atoms with Gasteiger partial charge < -0.3 is 29.5 Å². The smallest absolute Gasteiger partial charge is 0.341 e. The third-order valence-corrected chi connectivity index (χ3v) is 10.6. The average Bonchev–Trinajstić information content (AvgIpc) is 3.12. The Kier molecular flexibility index (Phi) is 8.22. The van der Waals surface area contributed by atoms with Crippen LogP contribution >= 0.6 is 11.6 Å². The van der Waals surface area contributed by atoms with Crippen LogP contribution in [0.25, 0.3) is 0 Å². The number of methoxy groups -OCH3 is 1. The molecule has 43 heavy (non-hydrogen) atoms. The number of hydrogen-bond acceptors (Lipinski definition) is 6. The Bertz CT molecular complexity index is 1430. The number of carbonyl (C=O) groups is 2. The molecule has 1 amide bonds. The lowest BCUT2D eigenvalue weighted by Gasteiger charge is -2.45. The van der Waals surface area contributed by atoms with E-state index in [2.05, 4.69) is 17.0 Å². The number of carbonyl (C=O) groups excluding carboxylic acids is 1. The first-order valence-corrected chi connectivity index (χ1v) is 15.7. The minimum absolute atomic E-state index is 0.129. The molecule has 2 aromatic carbocycles. The lowest BCUT2D eigenvalue weighted by molar-refractivity contribution is -0.169. The van der Waals surface area contributed by atoms with E-state index in [4.69, 9.17) is 21.1 Å². The lowest BCUT2D eigenvalue weighted by atomic mass is 9.68. The van der Waals surface area contributed by atoms with E-state index < -0.39 is 17.7 Å². The van der Waals surface area contributed by atoms with E-state index >= 15 is 0 Å². The van der Waals surface area contributed by atoms with Crippen molar-refractivity contribution in [1.29, 1.82) is 0 Å². The first kappa shape index (κ1) is 30.0. The van der Waals surface area contributed by atoms with Gasteiger partial charge >= 0.3 is 5.97 Å².